The fourth-order valence-electron chi connectivity index (χ4n) is 4.26. The lowest BCUT2D eigenvalue weighted by Gasteiger charge is -2.26. The highest BCUT2D eigenvalue weighted by atomic mass is 32.2. The molecule has 0 spiro atoms. The van der Waals surface area contributed by atoms with Crippen LogP contribution in [0.2, 0.25) is 0 Å². The predicted octanol–water partition coefficient (Wildman–Crippen LogP) is 6.19. The molecule has 170 valence electrons. The summed E-state index contributed by atoms with van der Waals surface area (Å²) in [6, 6.07) is 24.5. The Morgan fingerprint density at radius 3 is 2.09 bits per heavy atom. The third-order valence-electron chi connectivity index (χ3n) is 6.02. The molecule has 2 aliphatic rings. The zero-order valence-electron chi connectivity index (χ0n) is 19.2. The molecule has 1 fully saturated rings. The van der Waals surface area contributed by atoms with Gasteiger partial charge in [0, 0.05) is 5.69 Å². The molecule has 1 aliphatic carbocycles. The molecule has 3 aromatic rings. The number of fused-ring (bicyclic) bond motifs is 1. The highest BCUT2D eigenvalue weighted by molar-refractivity contribution is 7.89. The Morgan fingerprint density at radius 1 is 0.765 bits per heavy atom. The largest absolute Gasteiger partial charge is 0.297 e. The summed E-state index contributed by atoms with van der Waals surface area (Å²) in [5.41, 5.74) is 4.88. The minimum Gasteiger partial charge on any atom is -0.297 e. The number of hydrogen-bond donors (Lipinski definition) is 0. The Labute approximate surface area is 201 Å². The van der Waals surface area contributed by atoms with Crippen molar-refractivity contribution in [2.45, 2.75) is 24.8 Å². The number of allylic oxidation sites excluding steroid dienone is 4. The van der Waals surface area contributed by atoms with Gasteiger partial charge in [0.15, 0.2) is 0 Å². The van der Waals surface area contributed by atoms with E-state index < -0.39 is 16.1 Å². The van der Waals surface area contributed by atoms with Gasteiger partial charge in [0.2, 0.25) is 0 Å². The van der Waals surface area contributed by atoms with Crippen molar-refractivity contribution >= 4 is 21.8 Å². The highest BCUT2D eigenvalue weighted by Gasteiger charge is 2.45. The number of anilines is 1. The summed E-state index contributed by atoms with van der Waals surface area (Å²) in [6.07, 6.45) is 11.7. The SMILES string of the molecule is Cc1ccc(N2C3=CC=CC=CC3N(S(=O)(=O)c3ccc(C)cc3)/C2=C/c2ccccc2)cc1. The molecule has 1 saturated heterocycles. The fraction of sp³-hybridized carbons (Fsp3) is 0.103. The van der Waals surface area contributed by atoms with Crippen molar-refractivity contribution in [2.75, 3.05) is 4.90 Å². The summed E-state index contributed by atoms with van der Waals surface area (Å²) in [4.78, 5) is 2.32. The molecule has 0 saturated carbocycles. The van der Waals surface area contributed by atoms with Crippen molar-refractivity contribution in [1.29, 1.82) is 0 Å². The quantitative estimate of drug-likeness (QED) is 0.460. The molecular weight excluding hydrogens is 440 g/mol. The second-order valence-electron chi connectivity index (χ2n) is 8.50. The molecule has 5 rings (SSSR count). The molecule has 0 bridgehead atoms. The number of aryl methyl sites for hydroxylation is 2. The molecule has 0 N–H and O–H groups in total. The van der Waals surface area contributed by atoms with E-state index in [9.17, 15) is 8.42 Å². The van der Waals surface area contributed by atoms with Gasteiger partial charge in [-0.1, -0.05) is 90.0 Å². The summed E-state index contributed by atoms with van der Waals surface area (Å²) in [5.74, 6) is 0.590. The average Bonchev–Trinajstić information content (AvgIpc) is 2.96. The van der Waals surface area contributed by atoms with Crippen LogP contribution in [-0.4, -0.2) is 18.8 Å². The topological polar surface area (TPSA) is 40.6 Å². The van der Waals surface area contributed by atoms with Crippen LogP contribution in [0.5, 0.6) is 0 Å². The molecule has 34 heavy (non-hydrogen) atoms. The lowest BCUT2D eigenvalue weighted by Crippen LogP contribution is -2.34. The molecule has 3 aromatic carbocycles. The van der Waals surface area contributed by atoms with E-state index in [-0.39, 0.29) is 4.90 Å². The van der Waals surface area contributed by atoms with Crippen molar-refractivity contribution in [3.05, 3.63) is 137 Å². The second-order valence-corrected chi connectivity index (χ2v) is 10.3. The molecule has 1 unspecified atom stereocenters. The van der Waals surface area contributed by atoms with Gasteiger partial charge in [0.05, 0.1) is 10.6 Å². The van der Waals surface area contributed by atoms with E-state index in [1.54, 1.807) is 16.4 Å². The van der Waals surface area contributed by atoms with Crippen LogP contribution in [0.3, 0.4) is 0 Å². The lowest BCUT2D eigenvalue weighted by atomic mass is 10.1. The summed E-state index contributed by atoms with van der Waals surface area (Å²) in [7, 11) is -3.86. The third kappa shape index (κ3) is 3.99. The summed E-state index contributed by atoms with van der Waals surface area (Å²) in [6.45, 7) is 3.99. The first-order valence-corrected chi connectivity index (χ1v) is 12.7. The number of rotatable bonds is 4. The van der Waals surface area contributed by atoms with E-state index in [1.807, 2.05) is 122 Å². The molecule has 1 heterocycles. The second kappa shape index (κ2) is 8.84. The van der Waals surface area contributed by atoms with Crippen LogP contribution in [0.15, 0.2) is 126 Å². The van der Waals surface area contributed by atoms with Crippen molar-refractivity contribution in [1.82, 2.24) is 4.31 Å². The molecule has 0 radical (unpaired) electrons. The van der Waals surface area contributed by atoms with Crippen molar-refractivity contribution < 1.29 is 8.42 Å². The van der Waals surface area contributed by atoms with Crippen molar-refractivity contribution in [2.24, 2.45) is 0 Å². The smallest absolute Gasteiger partial charge is 0.266 e. The molecule has 1 aliphatic heterocycles. The van der Waals surface area contributed by atoms with Crippen LogP contribution < -0.4 is 4.90 Å². The molecule has 5 heteroatoms. The Balaban J connectivity index is 1.76. The van der Waals surface area contributed by atoms with E-state index >= 15 is 0 Å². The van der Waals surface area contributed by atoms with Crippen molar-refractivity contribution in [3.63, 3.8) is 0 Å². The van der Waals surface area contributed by atoms with Gasteiger partial charge in [0.1, 0.15) is 11.9 Å². The minimum atomic E-state index is -3.86. The van der Waals surface area contributed by atoms with Gasteiger partial charge in [-0.05, 0) is 55.8 Å². The molecule has 0 aromatic heterocycles. The fourth-order valence-corrected chi connectivity index (χ4v) is 5.83. The molecular formula is C29H26N2O2S. The Morgan fingerprint density at radius 2 is 1.41 bits per heavy atom. The maximum Gasteiger partial charge on any atom is 0.266 e. The Bertz CT molecular complexity index is 1420. The summed E-state index contributed by atoms with van der Waals surface area (Å²) in [5, 5.41) is 0. The Kier molecular flexibility index (Phi) is 5.72. The van der Waals surface area contributed by atoms with Gasteiger partial charge in [-0.15, -0.1) is 0 Å². The number of hydrogen-bond acceptors (Lipinski definition) is 3. The van der Waals surface area contributed by atoms with Crippen LogP contribution in [0, 0.1) is 13.8 Å². The first kappa shape index (κ1) is 22.0. The molecule has 4 nitrogen and oxygen atoms in total. The van der Waals surface area contributed by atoms with Crippen LogP contribution in [-0.2, 0) is 10.0 Å². The number of nitrogens with zero attached hydrogens (tertiary/aromatic N) is 2. The lowest BCUT2D eigenvalue weighted by molar-refractivity contribution is 0.486. The van der Waals surface area contributed by atoms with Crippen LogP contribution in [0.25, 0.3) is 6.08 Å². The summed E-state index contributed by atoms with van der Waals surface area (Å²) < 4.78 is 29.8. The van der Waals surface area contributed by atoms with E-state index in [4.69, 9.17) is 0 Å². The average molecular weight is 467 g/mol. The van der Waals surface area contributed by atoms with Crippen LogP contribution in [0.4, 0.5) is 5.69 Å². The molecule has 1 atom stereocenters. The highest BCUT2D eigenvalue weighted by Crippen LogP contribution is 2.43. The minimum absolute atomic E-state index is 0.271. The number of sulfonamides is 1. The van der Waals surface area contributed by atoms with E-state index in [0.29, 0.717) is 5.82 Å². The maximum absolute atomic E-state index is 14.1. The zero-order chi connectivity index (χ0) is 23.7. The van der Waals surface area contributed by atoms with Gasteiger partial charge in [0.25, 0.3) is 10.0 Å². The normalized spacial score (nSPS) is 18.7. The maximum atomic E-state index is 14.1. The third-order valence-corrected chi connectivity index (χ3v) is 7.82. The first-order valence-electron chi connectivity index (χ1n) is 11.2. The van der Waals surface area contributed by atoms with E-state index in [1.165, 1.54) is 0 Å². The van der Waals surface area contributed by atoms with Gasteiger partial charge in [-0.25, -0.2) is 12.7 Å². The standard InChI is InChI=1S/C29H26N2O2S/c1-22-13-17-25(18-14-22)30-27-11-7-4-8-12-28(27)31(29(30)21-24-9-5-3-6-10-24)34(32,33)26-19-15-23(2)16-20-26/h3-21,28H,1-2H3/b29-21+. The zero-order valence-corrected chi connectivity index (χ0v) is 20.0. The van der Waals surface area contributed by atoms with Gasteiger partial charge in [-0.3, -0.25) is 4.90 Å². The van der Waals surface area contributed by atoms with Crippen molar-refractivity contribution in [3.8, 4) is 0 Å². The monoisotopic (exact) mass is 466 g/mol. The van der Waals surface area contributed by atoms with Gasteiger partial charge >= 0.3 is 0 Å². The first-order chi connectivity index (χ1) is 16.4. The van der Waals surface area contributed by atoms with Gasteiger partial charge < -0.3 is 0 Å². The van der Waals surface area contributed by atoms with E-state index in [2.05, 4.69) is 0 Å². The Hall–Kier alpha value is -3.83. The van der Waals surface area contributed by atoms with Crippen LogP contribution in [0.1, 0.15) is 16.7 Å². The molecule has 0 amide bonds. The summed E-state index contributed by atoms with van der Waals surface area (Å²) >= 11 is 0. The van der Waals surface area contributed by atoms with E-state index in [0.717, 1.165) is 28.1 Å². The predicted molar refractivity (Wildman–Crippen MR) is 138 cm³/mol. The van der Waals surface area contributed by atoms with Crippen LogP contribution >= 0.6 is 0 Å². The van der Waals surface area contributed by atoms with Gasteiger partial charge in [-0.2, -0.15) is 0 Å². The number of benzene rings is 3.